The van der Waals surface area contributed by atoms with E-state index in [0.717, 1.165) is 24.6 Å². The zero-order chi connectivity index (χ0) is 15.3. The van der Waals surface area contributed by atoms with Crippen LogP contribution in [0.5, 0.6) is 0 Å². The monoisotopic (exact) mass is 305 g/mol. The molecule has 0 aromatic heterocycles. The van der Waals surface area contributed by atoms with Crippen molar-refractivity contribution in [1.82, 2.24) is 5.32 Å². The third-order valence-electron chi connectivity index (χ3n) is 3.44. The summed E-state index contributed by atoms with van der Waals surface area (Å²) in [6, 6.07) is 2.52. The van der Waals surface area contributed by atoms with Gasteiger partial charge in [-0.15, -0.1) is 0 Å². The topological polar surface area (TPSA) is 46.2 Å². The Morgan fingerprint density at radius 2 is 1.85 bits per heavy atom. The Bertz CT molecular complexity index is 546. The number of sulfone groups is 1. The van der Waals surface area contributed by atoms with Gasteiger partial charge in [0.15, 0.2) is 21.5 Å². The first kappa shape index (κ1) is 17.0. The van der Waals surface area contributed by atoms with Crippen molar-refractivity contribution in [3.05, 3.63) is 29.8 Å². The largest absolute Gasteiger partial charge is 0.316 e. The number of rotatable bonds is 7. The molecule has 0 bridgehead atoms. The molecule has 6 heteroatoms. The highest BCUT2D eigenvalue weighted by Gasteiger charge is 2.32. The van der Waals surface area contributed by atoms with Crippen molar-refractivity contribution in [2.24, 2.45) is 0 Å². The molecule has 1 aromatic carbocycles. The fourth-order valence-corrected chi connectivity index (χ4v) is 4.39. The van der Waals surface area contributed by atoms with Gasteiger partial charge in [-0.05, 0) is 38.1 Å². The van der Waals surface area contributed by atoms with Crippen LogP contribution in [-0.2, 0) is 9.84 Å². The van der Waals surface area contributed by atoms with E-state index in [2.05, 4.69) is 5.32 Å². The number of hydrogen-bond donors (Lipinski definition) is 1. The molecular weight excluding hydrogens is 284 g/mol. The highest BCUT2D eigenvalue weighted by molar-refractivity contribution is 7.92. The fourth-order valence-electron chi connectivity index (χ4n) is 2.38. The third-order valence-corrected chi connectivity index (χ3v) is 5.81. The number of halogens is 2. The lowest BCUT2D eigenvalue weighted by molar-refractivity contribution is 0.463. The predicted octanol–water partition coefficient (Wildman–Crippen LogP) is 2.91. The van der Waals surface area contributed by atoms with Gasteiger partial charge in [0, 0.05) is 6.04 Å². The lowest BCUT2D eigenvalue weighted by Gasteiger charge is -2.25. The molecule has 0 saturated heterocycles. The average Bonchev–Trinajstić information content (AvgIpc) is 2.41. The van der Waals surface area contributed by atoms with Gasteiger partial charge < -0.3 is 5.32 Å². The molecule has 20 heavy (non-hydrogen) atoms. The minimum absolute atomic E-state index is 0.167. The van der Waals surface area contributed by atoms with E-state index in [1.165, 1.54) is 0 Å². The molecule has 0 spiro atoms. The molecule has 1 N–H and O–H groups in total. The Balaban J connectivity index is 3.20. The molecule has 2 atom stereocenters. The van der Waals surface area contributed by atoms with E-state index >= 15 is 0 Å². The number of hydrogen-bond acceptors (Lipinski definition) is 3. The van der Waals surface area contributed by atoms with Crippen LogP contribution >= 0.6 is 0 Å². The summed E-state index contributed by atoms with van der Waals surface area (Å²) < 4.78 is 51.3. The van der Waals surface area contributed by atoms with Crippen LogP contribution < -0.4 is 5.32 Å². The quantitative estimate of drug-likeness (QED) is 0.788. The molecular formula is C14H21F2NO2S. The van der Waals surface area contributed by atoms with E-state index < -0.39 is 26.7 Å². The van der Waals surface area contributed by atoms with Gasteiger partial charge in [-0.3, -0.25) is 0 Å². The van der Waals surface area contributed by atoms with Gasteiger partial charge in [0.25, 0.3) is 0 Å². The Morgan fingerprint density at radius 3 is 2.30 bits per heavy atom. The van der Waals surface area contributed by atoms with Crippen LogP contribution in [0.2, 0.25) is 0 Å². The van der Waals surface area contributed by atoms with Crippen LogP contribution in [-0.4, -0.2) is 26.8 Å². The fraction of sp³-hybridized carbons (Fsp3) is 0.571. The third kappa shape index (κ3) is 3.55. The van der Waals surface area contributed by atoms with Crippen molar-refractivity contribution in [3.63, 3.8) is 0 Å². The summed E-state index contributed by atoms with van der Waals surface area (Å²) in [5.74, 6) is -2.19. The van der Waals surface area contributed by atoms with E-state index in [9.17, 15) is 17.2 Å². The maximum Gasteiger partial charge on any atom is 0.182 e. The van der Waals surface area contributed by atoms with Gasteiger partial charge in [0.2, 0.25) is 0 Å². The minimum atomic E-state index is -3.69. The number of benzene rings is 1. The van der Waals surface area contributed by atoms with Gasteiger partial charge in [-0.25, -0.2) is 17.2 Å². The maximum atomic E-state index is 13.3. The number of nitrogens with one attached hydrogen (secondary N) is 1. The highest BCUT2D eigenvalue weighted by Crippen LogP contribution is 2.24. The van der Waals surface area contributed by atoms with Gasteiger partial charge in [0.05, 0.1) is 10.1 Å². The summed E-state index contributed by atoms with van der Waals surface area (Å²) >= 11 is 0. The van der Waals surface area contributed by atoms with Crippen LogP contribution in [0, 0.1) is 11.6 Å². The standard InChI is InChI=1S/C14H21F2NO2S/c1-4-6-13(17-3)14(5-2)20(18,19)10-7-8-11(15)12(16)9-10/h7-9,13-14,17H,4-6H2,1-3H3. The van der Waals surface area contributed by atoms with Crippen LogP contribution in [0.15, 0.2) is 23.1 Å². The highest BCUT2D eigenvalue weighted by atomic mass is 32.2. The molecule has 0 aliphatic heterocycles. The van der Waals surface area contributed by atoms with Crippen molar-refractivity contribution in [2.75, 3.05) is 7.05 Å². The SMILES string of the molecule is CCCC(NC)C(CC)S(=O)(=O)c1ccc(F)c(F)c1. The second-order valence-electron chi connectivity index (χ2n) is 4.75. The molecule has 0 aliphatic carbocycles. The molecule has 1 aromatic rings. The molecule has 0 amide bonds. The van der Waals surface area contributed by atoms with E-state index in [1.807, 2.05) is 6.92 Å². The minimum Gasteiger partial charge on any atom is -0.316 e. The van der Waals surface area contributed by atoms with E-state index in [1.54, 1.807) is 14.0 Å². The average molecular weight is 305 g/mol. The van der Waals surface area contributed by atoms with Crippen molar-refractivity contribution in [3.8, 4) is 0 Å². The summed E-state index contributed by atoms with van der Waals surface area (Å²) in [7, 11) is -1.98. The first-order valence-corrected chi connectivity index (χ1v) is 8.29. The molecule has 0 radical (unpaired) electrons. The summed E-state index contributed by atoms with van der Waals surface area (Å²) in [6.45, 7) is 3.75. The van der Waals surface area contributed by atoms with E-state index in [4.69, 9.17) is 0 Å². The van der Waals surface area contributed by atoms with Gasteiger partial charge in [-0.1, -0.05) is 20.3 Å². The van der Waals surface area contributed by atoms with Gasteiger partial charge in [-0.2, -0.15) is 0 Å². The van der Waals surface area contributed by atoms with Crippen molar-refractivity contribution in [1.29, 1.82) is 0 Å². The molecule has 1 rings (SSSR count). The predicted molar refractivity (Wildman–Crippen MR) is 75.4 cm³/mol. The van der Waals surface area contributed by atoms with Crippen LogP contribution in [0.3, 0.4) is 0 Å². The molecule has 114 valence electrons. The summed E-state index contributed by atoms with van der Waals surface area (Å²) in [4.78, 5) is -0.167. The molecule has 0 fully saturated rings. The van der Waals surface area contributed by atoms with Crippen molar-refractivity contribution in [2.45, 2.75) is 49.3 Å². The Morgan fingerprint density at radius 1 is 1.20 bits per heavy atom. The maximum absolute atomic E-state index is 13.3. The molecule has 2 unspecified atom stereocenters. The summed E-state index contributed by atoms with van der Waals surface area (Å²) in [6.07, 6.45) is 1.96. The second-order valence-corrected chi connectivity index (χ2v) is 6.92. The van der Waals surface area contributed by atoms with Gasteiger partial charge >= 0.3 is 0 Å². The Hall–Kier alpha value is -1.01. The Labute approximate surface area is 119 Å². The lowest BCUT2D eigenvalue weighted by atomic mass is 10.1. The van der Waals surface area contributed by atoms with Crippen LogP contribution in [0.4, 0.5) is 8.78 Å². The Kier molecular flexibility index (Phi) is 6.07. The zero-order valence-electron chi connectivity index (χ0n) is 12.0. The summed E-state index contributed by atoms with van der Waals surface area (Å²) in [5, 5.41) is 2.35. The molecule has 0 aliphatic rings. The first-order chi connectivity index (χ1) is 9.38. The van der Waals surface area contributed by atoms with Crippen molar-refractivity contribution >= 4 is 9.84 Å². The molecule has 3 nitrogen and oxygen atoms in total. The van der Waals surface area contributed by atoms with Crippen LogP contribution in [0.25, 0.3) is 0 Å². The molecule has 0 heterocycles. The first-order valence-electron chi connectivity index (χ1n) is 6.74. The molecule has 0 saturated carbocycles. The lowest BCUT2D eigenvalue weighted by Crippen LogP contribution is -2.42. The summed E-state index contributed by atoms with van der Waals surface area (Å²) in [5.41, 5.74) is 0. The van der Waals surface area contributed by atoms with Crippen LogP contribution in [0.1, 0.15) is 33.1 Å². The zero-order valence-corrected chi connectivity index (χ0v) is 12.8. The van der Waals surface area contributed by atoms with Crippen molar-refractivity contribution < 1.29 is 17.2 Å². The van der Waals surface area contributed by atoms with E-state index in [0.29, 0.717) is 12.8 Å². The second kappa shape index (κ2) is 7.13. The normalized spacial score (nSPS) is 15.1. The van der Waals surface area contributed by atoms with E-state index in [-0.39, 0.29) is 10.9 Å². The van der Waals surface area contributed by atoms with Gasteiger partial charge in [0.1, 0.15) is 0 Å². The smallest absolute Gasteiger partial charge is 0.182 e.